The molecule has 1 aliphatic carbocycles. The summed E-state index contributed by atoms with van der Waals surface area (Å²) in [5.74, 6) is -3.98. The largest absolute Gasteiger partial charge is 0.382 e. The van der Waals surface area contributed by atoms with Crippen LogP contribution in [0.5, 0.6) is 0 Å². The van der Waals surface area contributed by atoms with E-state index in [1.165, 1.54) is 30.3 Å². The third-order valence-corrected chi connectivity index (χ3v) is 7.01. The van der Waals surface area contributed by atoms with E-state index in [1.54, 1.807) is 11.0 Å². The highest BCUT2D eigenvalue weighted by molar-refractivity contribution is 7.89. The van der Waals surface area contributed by atoms with Gasteiger partial charge in [0.1, 0.15) is 6.10 Å². The first-order chi connectivity index (χ1) is 15.9. The molecule has 34 heavy (non-hydrogen) atoms. The Labute approximate surface area is 198 Å². The topological polar surface area (TPSA) is 116 Å². The lowest BCUT2D eigenvalue weighted by Gasteiger charge is -2.24. The van der Waals surface area contributed by atoms with E-state index >= 15 is 0 Å². The van der Waals surface area contributed by atoms with Gasteiger partial charge in [0.05, 0.1) is 12.3 Å². The lowest BCUT2D eigenvalue weighted by Crippen LogP contribution is -2.35. The number of carbonyl (C=O) groups is 2. The van der Waals surface area contributed by atoms with Crippen molar-refractivity contribution in [2.45, 2.75) is 56.6 Å². The van der Waals surface area contributed by atoms with E-state index in [-0.39, 0.29) is 30.0 Å². The van der Waals surface area contributed by atoms with E-state index in [9.17, 15) is 31.9 Å². The highest BCUT2D eigenvalue weighted by Crippen LogP contribution is 2.53. The number of rotatable bonds is 12. The number of alkyl halides is 2. The molecule has 1 aromatic rings. The molecule has 0 aromatic heterocycles. The molecule has 1 aliphatic heterocycles. The molecule has 3 amide bonds. The SMILES string of the molecule is CS(=O)(=O)NC(=O)CCC1(CCCN2C(=O)NC[C@@H]2/C=C/C(O)C(F)(F)c2ccccc2)CC1. The van der Waals surface area contributed by atoms with Crippen LogP contribution >= 0.6 is 0 Å². The fourth-order valence-electron chi connectivity index (χ4n) is 4.24. The van der Waals surface area contributed by atoms with Crippen LogP contribution in [0.15, 0.2) is 42.5 Å². The molecule has 0 bridgehead atoms. The number of aliphatic hydroxyl groups excluding tert-OH is 1. The van der Waals surface area contributed by atoms with Gasteiger partial charge in [-0.15, -0.1) is 0 Å². The molecule has 0 spiro atoms. The second-order valence-electron chi connectivity index (χ2n) is 9.17. The maximum atomic E-state index is 14.5. The van der Waals surface area contributed by atoms with Gasteiger partial charge in [0.2, 0.25) is 15.9 Å². The van der Waals surface area contributed by atoms with Crippen LogP contribution in [0.1, 0.15) is 44.1 Å². The molecule has 3 N–H and O–H groups in total. The number of benzene rings is 1. The minimum atomic E-state index is -3.57. The predicted octanol–water partition coefficient (Wildman–Crippen LogP) is 2.51. The predicted molar refractivity (Wildman–Crippen MR) is 122 cm³/mol. The lowest BCUT2D eigenvalue weighted by molar-refractivity contribution is -0.119. The lowest BCUT2D eigenvalue weighted by atomic mass is 9.94. The number of carbonyl (C=O) groups excluding carboxylic acids is 2. The van der Waals surface area contributed by atoms with Gasteiger partial charge in [-0.3, -0.25) is 9.52 Å². The van der Waals surface area contributed by atoms with Crippen LogP contribution in [0.3, 0.4) is 0 Å². The van der Waals surface area contributed by atoms with Gasteiger partial charge in [-0.2, -0.15) is 8.78 Å². The summed E-state index contributed by atoms with van der Waals surface area (Å²) in [6, 6.07) is 6.33. The van der Waals surface area contributed by atoms with Gasteiger partial charge in [0.15, 0.2) is 0 Å². The van der Waals surface area contributed by atoms with Crippen LogP contribution in [-0.4, -0.2) is 61.9 Å². The van der Waals surface area contributed by atoms with Crippen molar-refractivity contribution in [3.05, 3.63) is 48.0 Å². The summed E-state index contributed by atoms with van der Waals surface area (Å²) in [6.07, 6.45) is 5.38. The van der Waals surface area contributed by atoms with Gasteiger partial charge in [-0.05, 0) is 37.5 Å². The Balaban J connectivity index is 1.50. The van der Waals surface area contributed by atoms with Gasteiger partial charge in [0, 0.05) is 25.1 Å². The van der Waals surface area contributed by atoms with Crippen molar-refractivity contribution in [1.82, 2.24) is 14.9 Å². The first kappa shape index (κ1) is 26.1. The Kier molecular flexibility index (Phi) is 7.97. The first-order valence-corrected chi connectivity index (χ1v) is 13.2. The molecule has 2 aliphatic rings. The summed E-state index contributed by atoms with van der Waals surface area (Å²) in [7, 11) is -3.57. The van der Waals surface area contributed by atoms with E-state index in [0.29, 0.717) is 19.4 Å². The molecule has 1 unspecified atom stereocenters. The molecular weight excluding hydrogens is 468 g/mol. The third-order valence-electron chi connectivity index (χ3n) is 6.41. The number of nitrogens with zero attached hydrogens (tertiary/aromatic N) is 1. The van der Waals surface area contributed by atoms with Gasteiger partial charge in [-0.1, -0.05) is 42.5 Å². The van der Waals surface area contributed by atoms with E-state index < -0.39 is 34.0 Å². The molecule has 1 aromatic carbocycles. The van der Waals surface area contributed by atoms with Gasteiger partial charge in [0.25, 0.3) is 0 Å². The Morgan fingerprint density at radius 2 is 2.00 bits per heavy atom. The minimum Gasteiger partial charge on any atom is -0.382 e. The maximum absolute atomic E-state index is 14.5. The smallest absolute Gasteiger partial charge is 0.318 e. The van der Waals surface area contributed by atoms with Crippen molar-refractivity contribution < 1.29 is 31.9 Å². The average molecular weight is 500 g/mol. The maximum Gasteiger partial charge on any atom is 0.318 e. The molecule has 1 heterocycles. The van der Waals surface area contributed by atoms with Crippen LogP contribution in [0.4, 0.5) is 13.6 Å². The number of amides is 3. The van der Waals surface area contributed by atoms with Crippen molar-refractivity contribution in [3.63, 3.8) is 0 Å². The van der Waals surface area contributed by atoms with E-state index in [2.05, 4.69) is 5.32 Å². The molecule has 2 fully saturated rings. The number of sulfonamides is 1. The van der Waals surface area contributed by atoms with Gasteiger partial charge in [-0.25, -0.2) is 13.2 Å². The molecule has 2 atom stereocenters. The Hall–Kier alpha value is -2.53. The fourth-order valence-corrected chi connectivity index (χ4v) is 4.76. The van der Waals surface area contributed by atoms with Gasteiger partial charge >= 0.3 is 12.0 Å². The highest BCUT2D eigenvalue weighted by atomic mass is 32.2. The normalized spacial score (nSPS) is 20.9. The van der Waals surface area contributed by atoms with Crippen LogP contribution in [0.25, 0.3) is 0 Å². The number of hydrogen-bond donors (Lipinski definition) is 3. The number of hydrogen-bond acceptors (Lipinski definition) is 5. The zero-order valence-electron chi connectivity index (χ0n) is 19.0. The van der Waals surface area contributed by atoms with Crippen LogP contribution < -0.4 is 10.0 Å². The second-order valence-corrected chi connectivity index (χ2v) is 10.9. The second kappa shape index (κ2) is 10.4. The molecular formula is C23H31F2N3O5S. The van der Waals surface area contributed by atoms with E-state index in [4.69, 9.17) is 0 Å². The highest BCUT2D eigenvalue weighted by Gasteiger charge is 2.42. The standard InChI is InChI=1S/C23H31F2N3O5S/c1-34(32,33)27-20(30)10-12-22(13-14-22)11-5-15-28-18(16-26-21(28)31)8-9-19(29)23(24,25)17-6-3-2-4-7-17/h2-4,6-9,18-19,29H,5,10-16H2,1H3,(H,26,31)(H,27,30)/b9-8+/t18-,19?/m0/s1. The summed E-state index contributed by atoms with van der Waals surface area (Å²) < 4.78 is 53.3. The number of urea groups is 1. The van der Waals surface area contributed by atoms with Crippen LogP contribution in [0.2, 0.25) is 0 Å². The molecule has 11 heteroatoms. The van der Waals surface area contributed by atoms with Crippen LogP contribution in [-0.2, 0) is 20.7 Å². The zero-order valence-corrected chi connectivity index (χ0v) is 19.9. The Morgan fingerprint density at radius 3 is 2.62 bits per heavy atom. The zero-order chi connectivity index (χ0) is 25.0. The van der Waals surface area contributed by atoms with Crippen LogP contribution in [0, 0.1) is 5.41 Å². The van der Waals surface area contributed by atoms with Crippen molar-refractivity contribution in [3.8, 4) is 0 Å². The van der Waals surface area contributed by atoms with Crippen molar-refractivity contribution in [2.24, 2.45) is 5.41 Å². The summed E-state index contributed by atoms with van der Waals surface area (Å²) in [6.45, 7) is 0.666. The quantitative estimate of drug-likeness (QED) is 0.382. The third kappa shape index (κ3) is 6.99. The minimum absolute atomic E-state index is 0.0235. The fraction of sp³-hybridized carbons (Fsp3) is 0.565. The van der Waals surface area contributed by atoms with Gasteiger partial charge < -0.3 is 15.3 Å². The average Bonchev–Trinajstić information content (AvgIpc) is 3.46. The Bertz CT molecular complexity index is 1010. The van der Waals surface area contributed by atoms with Crippen molar-refractivity contribution in [2.75, 3.05) is 19.3 Å². The molecule has 1 saturated heterocycles. The molecule has 188 valence electrons. The molecule has 8 nitrogen and oxygen atoms in total. The summed E-state index contributed by atoms with van der Waals surface area (Å²) in [5.41, 5.74) is -0.311. The summed E-state index contributed by atoms with van der Waals surface area (Å²) in [4.78, 5) is 25.5. The molecule has 3 rings (SSSR count). The van der Waals surface area contributed by atoms with Crippen molar-refractivity contribution in [1.29, 1.82) is 0 Å². The van der Waals surface area contributed by atoms with E-state index in [0.717, 1.165) is 31.6 Å². The monoisotopic (exact) mass is 499 g/mol. The number of halogens is 2. The first-order valence-electron chi connectivity index (χ1n) is 11.3. The van der Waals surface area contributed by atoms with E-state index in [1.807, 2.05) is 4.72 Å². The van der Waals surface area contributed by atoms with Crippen molar-refractivity contribution >= 4 is 22.0 Å². The summed E-state index contributed by atoms with van der Waals surface area (Å²) >= 11 is 0. The summed E-state index contributed by atoms with van der Waals surface area (Å²) in [5, 5.41) is 12.8. The number of nitrogens with one attached hydrogen (secondary N) is 2. The molecule has 1 saturated carbocycles. The number of aliphatic hydroxyl groups is 1. The molecule has 0 radical (unpaired) electrons. The Morgan fingerprint density at radius 1 is 1.32 bits per heavy atom.